The summed E-state index contributed by atoms with van der Waals surface area (Å²) in [5.74, 6) is 0.803. The molecular formula is C30H29NO7. The van der Waals surface area contributed by atoms with E-state index < -0.39 is 17.7 Å². The molecule has 1 amide bonds. The predicted molar refractivity (Wildman–Crippen MR) is 142 cm³/mol. The average Bonchev–Trinajstić information content (AvgIpc) is 3.21. The van der Waals surface area contributed by atoms with E-state index in [0.29, 0.717) is 65.6 Å². The molecular weight excluding hydrogens is 486 g/mol. The highest BCUT2D eigenvalue weighted by Crippen LogP contribution is 2.45. The Labute approximate surface area is 221 Å². The average molecular weight is 516 g/mol. The molecule has 0 aliphatic carbocycles. The summed E-state index contributed by atoms with van der Waals surface area (Å²) in [5.41, 5.74) is 1.43. The highest BCUT2D eigenvalue weighted by molar-refractivity contribution is 6.51. The third kappa shape index (κ3) is 4.77. The number of methoxy groups -OCH3 is 1. The second-order valence-corrected chi connectivity index (χ2v) is 9.50. The number of ketones is 1. The fraction of sp³-hybridized carbons (Fsp3) is 0.267. The van der Waals surface area contributed by atoms with Crippen molar-refractivity contribution in [2.45, 2.75) is 19.9 Å². The molecule has 0 radical (unpaired) electrons. The highest BCUT2D eigenvalue weighted by atomic mass is 16.6. The second-order valence-electron chi connectivity index (χ2n) is 9.50. The van der Waals surface area contributed by atoms with Gasteiger partial charge in [0.2, 0.25) is 0 Å². The number of aliphatic hydroxyl groups is 1. The van der Waals surface area contributed by atoms with Gasteiger partial charge in [0.25, 0.3) is 11.7 Å². The zero-order valence-electron chi connectivity index (χ0n) is 21.5. The van der Waals surface area contributed by atoms with Crippen LogP contribution in [0.2, 0.25) is 0 Å². The fourth-order valence-corrected chi connectivity index (χ4v) is 4.54. The van der Waals surface area contributed by atoms with E-state index in [4.69, 9.17) is 18.9 Å². The van der Waals surface area contributed by atoms with Crippen molar-refractivity contribution in [3.63, 3.8) is 0 Å². The molecule has 0 bridgehead atoms. The molecule has 2 heterocycles. The van der Waals surface area contributed by atoms with Crippen molar-refractivity contribution < 1.29 is 33.6 Å². The van der Waals surface area contributed by atoms with Crippen LogP contribution in [0.3, 0.4) is 0 Å². The summed E-state index contributed by atoms with van der Waals surface area (Å²) in [5, 5.41) is 11.4. The van der Waals surface area contributed by atoms with Crippen LogP contribution in [0.5, 0.6) is 23.0 Å². The minimum absolute atomic E-state index is 0.0195. The van der Waals surface area contributed by atoms with Gasteiger partial charge in [-0.05, 0) is 60.0 Å². The lowest BCUT2D eigenvalue weighted by Gasteiger charge is -2.27. The van der Waals surface area contributed by atoms with Gasteiger partial charge in [0.15, 0.2) is 11.5 Å². The van der Waals surface area contributed by atoms with E-state index >= 15 is 0 Å². The summed E-state index contributed by atoms with van der Waals surface area (Å²) in [6, 6.07) is 18.1. The number of carbonyl (C=O) groups is 2. The van der Waals surface area contributed by atoms with Crippen LogP contribution in [-0.4, -0.2) is 43.7 Å². The molecule has 38 heavy (non-hydrogen) atoms. The minimum atomic E-state index is -0.899. The van der Waals surface area contributed by atoms with Gasteiger partial charge >= 0.3 is 0 Å². The van der Waals surface area contributed by atoms with Gasteiger partial charge in [0.1, 0.15) is 30.5 Å². The lowest BCUT2D eigenvalue weighted by Crippen LogP contribution is -2.29. The van der Waals surface area contributed by atoms with Crippen LogP contribution in [0.25, 0.3) is 5.76 Å². The largest absolute Gasteiger partial charge is 0.507 e. The van der Waals surface area contributed by atoms with Gasteiger partial charge in [-0.1, -0.05) is 26.0 Å². The van der Waals surface area contributed by atoms with Crippen molar-refractivity contribution in [2.75, 3.05) is 31.8 Å². The van der Waals surface area contributed by atoms with E-state index in [2.05, 4.69) is 13.8 Å². The maximum absolute atomic E-state index is 13.5. The highest BCUT2D eigenvalue weighted by Gasteiger charge is 2.47. The molecule has 2 aliphatic heterocycles. The third-order valence-corrected chi connectivity index (χ3v) is 6.37. The molecule has 1 fully saturated rings. The SMILES string of the molecule is COc1cccc(C2/C(=C(\O)c3ccc(OCC(C)C)cc3)C(=O)C(=O)N2c2ccc3c(c2)OCCO3)c1. The van der Waals surface area contributed by atoms with Gasteiger partial charge in [-0.3, -0.25) is 14.5 Å². The Bertz CT molecular complexity index is 1390. The Balaban J connectivity index is 1.61. The lowest BCUT2D eigenvalue weighted by molar-refractivity contribution is -0.132. The molecule has 1 atom stereocenters. The summed E-state index contributed by atoms with van der Waals surface area (Å²) < 4.78 is 22.5. The molecule has 8 heteroatoms. The van der Waals surface area contributed by atoms with Crippen LogP contribution >= 0.6 is 0 Å². The Kier molecular flexibility index (Phi) is 6.96. The minimum Gasteiger partial charge on any atom is -0.507 e. The van der Waals surface area contributed by atoms with Gasteiger partial charge in [-0.25, -0.2) is 0 Å². The van der Waals surface area contributed by atoms with Gasteiger partial charge in [-0.15, -0.1) is 0 Å². The molecule has 0 spiro atoms. The molecule has 2 aliphatic rings. The summed E-state index contributed by atoms with van der Waals surface area (Å²) in [6.07, 6.45) is 0. The van der Waals surface area contributed by atoms with Gasteiger partial charge in [0, 0.05) is 17.3 Å². The van der Waals surface area contributed by atoms with Crippen LogP contribution in [-0.2, 0) is 9.59 Å². The molecule has 196 valence electrons. The number of hydrogen-bond acceptors (Lipinski definition) is 7. The Morgan fingerprint density at radius 1 is 0.974 bits per heavy atom. The molecule has 1 saturated heterocycles. The van der Waals surface area contributed by atoms with E-state index in [9.17, 15) is 14.7 Å². The number of anilines is 1. The van der Waals surface area contributed by atoms with Crippen molar-refractivity contribution in [3.05, 3.63) is 83.4 Å². The number of nitrogens with zero attached hydrogens (tertiary/aromatic N) is 1. The lowest BCUT2D eigenvalue weighted by atomic mass is 9.95. The summed E-state index contributed by atoms with van der Waals surface area (Å²) in [4.78, 5) is 28.3. The second kappa shape index (κ2) is 10.5. The molecule has 3 aromatic carbocycles. The standard InChI is InChI=1S/C30H29NO7/c1-18(2)17-38-22-10-7-19(8-11-22)28(32)26-27(20-5-4-6-23(15-20)35-3)31(30(34)29(26)33)21-9-12-24-25(16-21)37-14-13-36-24/h4-12,15-16,18,27,32H,13-14,17H2,1-3H3/b28-26+. The first kappa shape index (κ1) is 25.2. The van der Waals surface area contributed by atoms with Crippen molar-refractivity contribution in [2.24, 2.45) is 5.92 Å². The van der Waals surface area contributed by atoms with Crippen molar-refractivity contribution in [1.82, 2.24) is 0 Å². The van der Waals surface area contributed by atoms with Crippen molar-refractivity contribution in [3.8, 4) is 23.0 Å². The number of ether oxygens (including phenoxy) is 4. The number of rotatable bonds is 7. The first-order valence-electron chi connectivity index (χ1n) is 12.4. The molecule has 0 saturated carbocycles. The molecule has 0 aromatic heterocycles. The van der Waals surface area contributed by atoms with Crippen LogP contribution < -0.4 is 23.8 Å². The third-order valence-electron chi connectivity index (χ3n) is 6.37. The van der Waals surface area contributed by atoms with E-state index in [-0.39, 0.29) is 11.3 Å². The summed E-state index contributed by atoms with van der Waals surface area (Å²) in [6.45, 7) is 5.48. The Morgan fingerprint density at radius 2 is 1.71 bits per heavy atom. The van der Waals surface area contributed by atoms with Gasteiger partial charge in [-0.2, -0.15) is 0 Å². The van der Waals surface area contributed by atoms with Crippen LogP contribution in [0.4, 0.5) is 5.69 Å². The zero-order valence-corrected chi connectivity index (χ0v) is 21.5. The van der Waals surface area contributed by atoms with Crippen molar-refractivity contribution >= 4 is 23.1 Å². The number of hydrogen-bond donors (Lipinski definition) is 1. The van der Waals surface area contributed by atoms with Crippen LogP contribution in [0, 0.1) is 5.92 Å². The van der Waals surface area contributed by atoms with E-state index in [0.717, 1.165) is 0 Å². The number of fused-ring (bicyclic) bond motifs is 1. The maximum atomic E-state index is 13.5. The van der Waals surface area contributed by atoms with E-state index in [1.54, 1.807) is 73.8 Å². The van der Waals surface area contributed by atoms with E-state index in [1.807, 2.05) is 0 Å². The topological polar surface area (TPSA) is 94.5 Å². The Morgan fingerprint density at radius 3 is 2.42 bits per heavy atom. The monoisotopic (exact) mass is 515 g/mol. The van der Waals surface area contributed by atoms with Gasteiger partial charge < -0.3 is 24.1 Å². The van der Waals surface area contributed by atoms with Gasteiger partial charge in [0.05, 0.1) is 25.3 Å². The first-order chi connectivity index (χ1) is 18.4. The Hall–Kier alpha value is -4.46. The molecule has 1 N–H and O–H groups in total. The smallest absolute Gasteiger partial charge is 0.300 e. The van der Waals surface area contributed by atoms with Crippen molar-refractivity contribution in [1.29, 1.82) is 0 Å². The number of carbonyl (C=O) groups excluding carboxylic acids is 2. The number of amides is 1. The molecule has 1 unspecified atom stereocenters. The first-order valence-corrected chi connectivity index (χ1v) is 12.4. The quantitative estimate of drug-likeness (QED) is 0.265. The van der Waals surface area contributed by atoms with Crippen LogP contribution in [0.15, 0.2) is 72.3 Å². The zero-order chi connectivity index (χ0) is 26.8. The molecule has 5 rings (SSSR count). The number of benzene rings is 3. The van der Waals surface area contributed by atoms with Crippen LogP contribution in [0.1, 0.15) is 31.0 Å². The summed E-state index contributed by atoms with van der Waals surface area (Å²) >= 11 is 0. The molecule has 8 nitrogen and oxygen atoms in total. The number of aliphatic hydroxyl groups excluding tert-OH is 1. The number of Topliss-reactive ketones (excluding diaryl/α,β-unsaturated/α-hetero) is 1. The predicted octanol–water partition coefficient (Wildman–Crippen LogP) is 5.13. The molecule has 3 aromatic rings. The summed E-state index contributed by atoms with van der Waals surface area (Å²) in [7, 11) is 1.54. The fourth-order valence-electron chi connectivity index (χ4n) is 4.54. The normalized spacial score (nSPS) is 18.1. The van der Waals surface area contributed by atoms with E-state index in [1.165, 1.54) is 4.90 Å². The maximum Gasteiger partial charge on any atom is 0.300 e.